The fraction of sp³-hybridized carbons (Fsp3) is 0.227. The second kappa shape index (κ2) is 7.19. The summed E-state index contributed by atoms with van der Waals surface area (Å²) in [6.07, 6.45) is 3.63. The topological polar surface area (TPSA) is 70.5 Å². The van der Waals surface area contributed by atoms with Gasteiger partial charge >= 0.3 is 5.97 Å². The van der Waals surface area contributed by atoms with Crippen molar-refractivity contribution < 1.29 is 14.7 Å². The number of carbonyl (C=O) groups is 2. The molecule has 1 N–H and O–H groups in total. The Morgan fingerprint density at radius 3 is 2.59 bits per heavy atom. The summed E-state index contributed by atoms with van der Waals surface area (Å²) in [5.74, 6) is -0.704. The third kappa shape index (κ3) is 3.40. The highest BCUT2D eigenvalue weighted by atomic mass is 16.4. The molecule has 2 aromatic carbocycles. The van der Waals surface area contributed by atoms with Crippen LogP contribution >= 0.6 is 0 Å². The smallest absolute Gasteiger partial charge is 0.335 e. The maximum Gasteiger partial charge on any atom is 0.335 e. The third-order valence-corrected chi connectivity index (χ3v) is 5.20. The van der Waals surface area contributed by atoms with Gasteiger partial charge in [0, 0.05) is 30.6 Å². The zero-order valence-electron chi connectivity index (χ0n) is 14.8. The molecule has 0 radical (unpaired) electrons. The number of aromatic carboxylic acids is 1. The van der Waals surface area contributed by atoms with Gasteiger partial charge in [0.2, 0.25) is 0 Å². The molecule has 136 valence electrons. The van der Waals surface area contributed by atoms with Crippen molar-refractivity contribution in [2.45, 2.75) is 18.8 Å². The lowest BCUT2D eigenvalue weighted by atomic mass is 9.89. The van der Waals surface area contributed by atoms with Crippen LogP contribution < -0.4 is 0 Å². The van der Waals surface area contributed by atoms with Gasteiger partial charge in [-0.2, -0.15) is 0 Å². The van der Waals surface area contributed by atoms with Gasteiger partial charge in [-0.1, -0.05) is 30.3 Å². The zero-order chi connectivity index (χ0) is 18.8. The van der Waals surface area contributed by atoms with Crippen molar-refractivity contribution in [3.8, 4) is 0 Å². The Morgan fingerprint density at radius 2 is 1.81 bits per heavy atom. The number of piperidine rings is 1. The number of nitrogens with zero attached hydrogens (tertiary/aromatic N) is 2. The summed E-state index contributed by atoms with van der Waals surface area (Å²) in [5, 5.41) is 10.0. The van der Waals surface area contributed by atoms with Gasteiger partial charge in [0.15, 0.2) is 0 Å². The van der Waals surface area contributed by atoms with Crippen LogP contribution in [0.4, 0.5) is 0 Å². The van der Waals surface area contributed by atoms with E-state index in [0.717, 1.165) is 35.9 Å². The van der Waals surface area contributed by atoms with Crippen LogP contribution in [-0.2, 0) is 0 Å². The van der Waals surface area contributed by atoms with Crippen molar-refractivity contribution in [1.82, 2.24) is 9.88 Å². The summed E-state index contributed by atoms with van der Waals surface area (Å²) in [6, 6.07) is 16.5. The lowest BCUT2D eigenvalue weighted by Gasteiger charge is -2.33. The quantitative estimate of drug-likeness (QED) is 0.768. The highest BCUT2D eigenvalue weighted by molar-refractivity contribution is 6.05. The molecule has 0 spiro atoms. The van der Waals surface area contributed by atoms with E-state index in [0.29, 0.717) is 12.1 Å². The van der Waals surface area contributed by atoms with Crippen molar-refractivity contribution in [2.24, 2.45) is 0 Å². The van der Waals surface area contributed by atoms with Gasteiger partial charge in [0.05, 0.1) is 16.6 Å². The number of carboxylic acids is 1. The van der Waals surface area contributed by atoms with E-state index in [2.05, 4.69) is 4.98 Å². The molecule has 1 fully saturated rings. The largest absolute Gasteiger partial charge is 0.478 e. The summed E-state index contributed by atoms with van der Waals surface area (Å²) in [6.45, 7) is 1.36. The fourth-order valence-corrected chi connectivity index (χ4v) is 3.78. The van der Waals surface area contributed by atoms with Gasteiger partial charge in [-0.3, -0.25) is 9.78 Å². The standard InChI is InChI=1S/C22H20N2O3/c25-21(19-7-1-4-16-5-2-12-23-20(16)19)24-13-3-6-18(14-24)15-8-10-17(11-9-15)22(26)27/h1-2,4-5,7-12,18H,3,6,13-14H2,(H,26,27). The number of amides is 1. The van der Waals surface area contributed by atoms with E-state index < -0.39 is 5.97 Å². The molecule has 27 heavy (non-hydrogen) atoms. The van der Waals surface area contributed by atoms with E-state index in [1.807, 2.05) is 47.4 Å². The number of benzene rings is 2. The van der Waals surface area contributed by atoms with E-state index in [9.17, 15) is 9.59 Å². The summed E-state index contributed by atoms with van der Waals surface area (Å²) < 4.78 is 0. The Hall–Kier alpha value is -3.21. The van der Waals surface area contributed by atoms with Crippen LogP contribution in [0.25, 0.3) is 10.9 Å². The van der Waals surface area contributed by atoms with Gasteiger partial charge in [-0.25, -0.2) is 4.79 Å². The number of aromatic nitrogens is 1. The van der Waals surface area contributed by atoms with Crippen LogP contribution in [0.1, 0.15) is 45.0 Å². The number of likely N-dealkylation sites (tertiary alicyclic amines) is 1. The van der Waals surface area contributed by atoms with E-state index in [1.165, 1.54) is 0 Å². The van der Waals surface area contributed by atoms with Crippen LogP contribution in [0.15, 0.2) is 60.8 Å². The molecule has 3 aromatic rings. The second-order valence-corrected chi connectivity index (χ2v) is 6.90. The molecule has 1 aromatic heterocycles. The molecular weight excluding hydrogens is 340 g/mol. The Kier molecular flexibility index (Phi) is 4.59. The number of hydrogen-bond donors (Lipinski definition) is 1. The third-order valence-electron chi connectivity index (χ3n) is 5.20. The fourth-order valence-electron chi connectivity index (χ4n) is 3.78. The van der Waals surface area contributed by atoms with Gasteiger partial charge in [0.25, 0.3) is 5.91 Å². The van der Waals surface area contributed by atoms with E-state index >= 15 is 0 Å². The Morgan fingerprint density at radius 1 is 1.04 bits per heavy atom. The molecule has 1 amide bonds. The van der Waals surface area contributed by atoms with Crippen LogP contribution in [0.2, 0.25) is 0 Å². The molecular formula is C22H20N2O3. The van der Waals surface area contributed by atoms with Crippen LogP contribution in [0, 0.1) is 0 Å². The maximum absolute atomic E-state index is 13.1. The average Bonchev–Trinajstić information content (AvgIpc) is 2.73. The second-order valence-electron chi connectivity index (χ2n) is 6.90. The first-order chi connectivity index (χ1) is 13.1. The monoisotopic (exact) mass is 360 g/mol. The Balaban J connectivity index is 1.57. The summed E-state index contributed by atoms with van der Waals surface area (Å²) in [4.78, 5) is 30.5. The van der Waals surface area contributed by atoms with Gasteiger partial charge in [0.1, 0.15) is 0 Å². The highest BCUT2D eigenvalue weighted by Gasteiger charge is 2.26. The molecule has 1 unspecified atom stereocenters. The van der Waals surface area contributed by atoms with Gasteiger partial charge < -0.3 is 10.0 Å². The normalized spacial score (nSPS) is 17.0. The first-order valence-corrected chi connectivity index (χ1v) is 9.10. The molecule has 5 nitrogen and oxygen atoms in total. The minimum Gasteiger partial charge on any atom is -0.478 e. The molecule has 0 aliphatic carbocycles. The first-order valence-electron chi connectivity index (χ1n) is 9.10. The molecule has 5 heteroatoms. The molecule has 2 heterocycles. The number of carbonyl (C=O) groups excluding carboxylic acids is 1. The van der Waals surface area contributed by atoms with E-state index in [-0.39, 0.29) is 17.4 Å². The van der Waals surface area contributed by atoms with Crippen molar-refractivity contribution >= 4 is 22.8 Å². The number of para-hydroxylation sites is 1. The molecule has 0 bridgehead atoms. The average molecular weight is 360 g/mol. The molecule has 1 aliphatic rings. The number of carboxylic acid groups (broad SMARTS) is 1. The predicted octanol–water partition coefficient (Wildman–Crippen LogP) is 3.95. The summed E-state index contributed by atoms with van der Waals surface area (Å²) >= 11 is 0. The Bertz CT molecular complexity index is 993. The predicted molar refractivity (Wildman–Crippen MR) is 103 cm³/mol. The van der Waals surface area contributed by atoms with Crippen molar-refractivity contribution in [3.05, 3.63) is 77.5 Å². The van der Waals surface area contributed by atoms with Crippen molar-refractivity contribution in [3.63, 3.8) is 0 Å². The molecule has 1 aliphatic heterocycles. The van der Waals surface area contributed by atoms with Crippen molar-refractivity contribution in [1.29, 1.82) is 0 Å². The van der Waals surface area contributed by atoms with Crippen LogP contribution in [0.5, 0.6) is 0 Å². The lowest BCUT2D eigenvalue weighted by molar-refractivity contribution is 0.0694. The van der Waals surface area contributed by atoms with Crippen LogP contribution in [-0.4, -0.2) is 40.0 Å². The number of hydrogen-bond acceptors (Lipinski definition) is 3. The highest BCUT2D eigenvalue weighted by Crippen LogP contribution is 2.29. The Labute approximate surface area is 157 Å². The molecule has 1 atom stereocenters. The molecule has 1 saturated heterocycles. The lowest BCUT2D eigenvalue weighted by Crippen LogP contribution is -2.39. The van der Waals surface area contributed by atoms with E-state index in [4.69, 9.17) is 5.11 Å². The summed E-state index contributed by atoms with van der Waals surface area (Å²) in [5.41, 5.74) is 2.73. The minimum absolute atomic E-state index is 0.00570. The summed E-state index contributed by atoms with van der Waals surface area (Å²) in [7, 11) is 0. The van der Waals surface area contributed by atoms with Crippen molar-refractivity contribution in [2.75, 3.05) is 13.1 Å². The number of pyridine rings is 1. The van der Waals surface area contributed by atoms with Crippen LogP contribution in [0.3, 0.4) is 0 Å². The van der Waals surface area contributed by atoms with Gasteiger partial charge in [-0.05, 0) is 42.7 Å². The minimum atomic E-state index is -0.926. The molecule has 4 rings (SSSR count). The maximum atomic E-state index is 13.1. The molecule has 0 saturated carbocycles. The van der Waals surface area contributed by atoms with Gasteiger partial charge in [-0.15, -0.1) is 0 Å². The zero-order valence-corrected chi connectivity index (χ0v) is 14.8. The van der Waals surface area contributed by atoms with E-state index in [1.54, 1.807) is 18.3 Å². The first kappa shape index (κ1) is 17.2. The number of fused-ring (bicyclic) bond motifs is 1. The number of rotatable bonds is 3. The SMILES string of the molecule is O=C(O)c1ccc(C2CCCN(C(=O)c3cccc4cccnc34)C2)cc1.